The van der Waals surface area contributed by atoms with Crippen molar-refractivity contribution in [3.8, 4) is 17.3 Å². The van der Waals surface area contributed by atoms with Crippen LogP contribution in [0.3, 0.4) is 0 Å². The van der Waals surface area contributed by atoms with Crippen molar-refractivity contribution in [2.75, 3.05) is 23.3 Å². The maximum atomic E-state index is 13.0. The molecule has 0 spiro atoms. The van der Waals surface area contributed by atoms with Gasteiger partial charge in [0.15, 0.2) is 17.4 Å². The number of carbonyl (C=O) groups is 1. The van der Waals surface area contributed by atoms with Crippen LogP contribution >= 0.6 is 0 Å². The molecule has 1 aliphatic heterocycles. The van der Waals surface area contributed by atoms with E-state index in [0.29, 0.717) is 29.6 Å². The van der Waals surface area contributed by atoms with E-state index >= 15 is 0 Å². The molecule has 1 aliphatic rings. The lowest BCUT2D eigenvalue weighted by molar-refractivity contribution is -0.120. The van der Waals surface area contributed by atoms with Crippen molar-refractivity contribution < 1.29 is 9.21 Å². The Bertz CT molecular complexity index is 1250. The summed E-state index contributed by atoms with van der Waals surface area (Å²) in [5.41, 5.74) is 2.54. The van der Waals surface area contributed by atoms with E-state index in [1.165, 1.54) is 6.33 Å². The van der Waals surface area contributed by atoms with E-state index in [1.54, 1.807) is 17.0 Å². The lowest BCUT2D eigenvalue weighted by Crippen LogP contribution is -2.41. The maximum absolute atomic E-state index is 13.0. The maximum Gasteiger partial charge on any atom is 0.230 e. The summed E-state index contributed by atoms with van der Waals surface area (Å²) in [5.74, 6) is 2.24. The smallest absolute Gasteiger partial charge is 0.230 e. The van der Waals surface area contributed by atoms with Gasteiger partial charge in [0.05, 0.1) is 17.9 Å². The molecule has 10 heteroatoms. The molecule has 5 heterocycles. The van der Waals surface area contributed by atoms with Crippen LogP contribution < -0.4 is 10.2 Å². The molecule has 168 valence electrons. The van der Waals surface area contributed by atoms with Gasteiger partial charge in [0.25, 0.3) is 0 Å². The van der Waals surface area contributed by atoms with Crippen LogP contribution in [0.4, 0.5) is 11.6 Å². The van der Waals surface area contributed by atoms with Gasteiger partial charge < -0.3 is 14.6 Å². The SMILES string of the molecule is Cc1cc(C)n(-c2cc(NC(=O)C3CCCN(c4ccc(-c5ccco5)nn4)C3)ncn2)n1. The lowest BCUT2D eigenvalue weighted by atomic mass is 9.97. The van der Waals surface area contributed by atoms with Crippen LogP contribution in [-0.2, 0) is 4.79 Å². The second-order valence-electron chi connectivity index (χ2n) is 8.13. The molecule has 10 nitrogen and oxygen atoms in total. The molecule has 0 bridgehead atoms. The van der Waals surface area contributed by atoms with Gasteiger partial charge in [-0.15, -0.1) is 10.2 Å². The highest BCUT2D eigenvalue weighted by Gasteiger charge is 2.27. The molecule has 1 unspecified atom stereocenters. The molecule has 0 aliphatic carbocycles. The third-order valence-electron chi connectivity index (χ3n) is 5.67. The Kier molecular flexibility index (Phi) is 5.55. The van der Waals surface area contributed by atoms with Crippen LogP contribution in [0.5, 0.6) is 0 Å². The van der Waals surface area contributed by atoms with E-state index in [-0.39, 0.29) is 11.8 Å². The highest BCUT2D eigenvalue weighted by Crippen LogP contribution is 2.24. The molecule has 5 rings (SSSR count). The first kappa shape index (κ1) is 20.8. The summed E-state index contributed by atoms with van der Waals surface area (Å²) in [6.07, 6.45) is 4.73. The average Bonchev–Trinajstić information content (AvgIpc) is 3.49. The van der Waals surface area contributed by atoms with Gasteiger partial charge in [-0.05, 0) is 57.0 Å². The van der Waals surface area contributed by atoms with Gasteiger partial charge in [-0.2, -0.15) is 5.10 Å². The van der Waals surface area contributed by atoms with Crippen molar-refractivity contribution in [2.24, 2.45) is 5.92 Å². The summed E-state index contributed by atoms with van der Waals surface area (Å²) >= 11 is 0. The Balaban J connectivity index is 1.26. The summed E-state index contributed by atoms with van der Waals surface area (Å²) in [5, 5.41) is 16.0. The van der Waals surface area contributed by atoms with Crippen LogP contribution in [0.1, 0.15) is 24.2 Å². The number of amides is 1. The number of nitrogens with one attached hydrogen (secondary N) is 1. The second kappa shape index (κ2) is 8.81. The molecular weight excluding hydrogens is 420 g/mol. The lowest BCUT2D eigenvalue weighted by Gasteiger charge is -2.32. The summed E-state index contributed by atoms with van der Waals surface area (Å²) in [6.45, 7) is 5.28. The zero-order valence-corrected chi connectivity index (χ0v) is 18.5. The van der Waals surface area contributed by atoms with Crippen LogP contribution in [0, 0.1) is 19.8 Å². The molecule has 4 aromatic rings. The van der Waals surface area contributed by atoms with Crippen molar-refractivity contribution in [1.29, 1.82) is 0 Å². The first-order valence-corrected chi connectivity index (χ1v) is 10.9. The van der Waals surface area contributed by atoms with Crippen LogP contribution in [-0.4, -0.2) is 48.9 Å². The van der Waals surface area contributed by atoms with Crippen LogP contribution in [0.2, 0.25) is 0 Å². The summed E-state index contributed by atoms with van der Waals surface area (Å²) < 4.78 is 7.11. The van der Waals surface area contributed by atoms with E-state index in [4.69, 9.17) is 4.42 Å². The largest absolute Gasteiger partial charge is 0.463 e. The highest BCUT2D eigenvalue weighted by molar-refractivity contribution is 5.92. The van der Waals surface area contributed by atoms with Gasteiger partial charge in [0.2, 0.25) is 5.91 Å². The Morgan fingerprint density at radius 3 is 2.76 bits per heavy atom. The topological polar surface area (TPSA) is 115 Å². The summed E-state index contributed by atoms with van der Waals surface area (Å²) in [6, 6.07) is 11.2. The summed E-state index contributed by atoms with van der Waals surface area (Å²) in [7, 11) is 0. The van der Waals surface area contributed by atoms with Crippen molar-refractivity contribution in [1.82, 2.24) is 29.9 Å². The van der Waals surface area contributed by atoms with Gasteiger partial charge in [0.1, 0.15) is 17.8 Å². The molecule has 33 heavy (non-hydrogen) atoms. The minimum absolute atomic E-state index is 0.0714. The molecule has 4 aromatic heterocycles. The molecule has 1 saturated heterocycles. The minimum atomic E-state index is -0.183. The van der Waals surface area contributed by atoms with Crippen molar-refractivity contribution in [2.45, 2.75) is 26.7 Å². The first-order chi connectivity index (χ1) is 16.1. The molecule has 1 N–H and O–H groups in total. The number of piperidine rings is 1. The zero-order valence-electron chi connectivity index (χ0n) is 18.5. The van der Waals surface area contributed by atoms with E-state index in [2.05, 4.69) is 35.5 Å². The Morgan fingerprint density at radius 1 is 1.12 bits per heavy atom. The van der Waals surface area contributed by atoms with Crippen molar-refractivity contribution in [3.05, 3.63) is 60.4 Å². The fourth-order valence-corrected chi connectivity index (χ4v) is 4.07. The Hall–Kier alpha value is -4.08. The number of furan rings is 1. The number of nitrogens with zero attached hydrogens (tertiary/aromatic N) is 7. The van der Waals surface area contributed by atoms with Crippen LogP contribution in [0.25, 0.3) is 17.3 Å². The number of aryl methyl sites for hydroxylation is 2. The molecule has 0 radical (unpaired) electrons. The Labute approximate surface area is 190 Å². The van der Waals surface area contributed by atoms with Gasteiger partial charge >= 0.3 is 0 Å². The second-order valence-corrected chi connectivity index (χ2v) is 8.13. The molecule has 1 atom stereocenters. The molecule has 0 saturated carbocycles. The van der Waals surface area contributed by atoms with Crippen molar-refractivity contribution in [3.63, 3.8) is 0 Å². The monoisotopic (exact) mass is 444 g/mol. The zero-order chi connectivity index (χ0) is 22.8. The normalized spacial score (nSPS) is 16.1. The molecule has 0 aromatic carbocycles. The number of hydrogen-bond donors (Lipinski definition) is 1. The van der Waals surface area contributed by atoms with Gasteiger partial charge in [0, 0.05) is 24.8 Å². The quantitative estimate of drug-likeness (QED) is 0.499. The fourth-order valence-electron chi connectivity index (χ4n) is 4.07. The standard InChI is InChI=1S/C23H24N8O2/c1-15-11-16(2)31(29-15)22-12-20(24-14-25-22)26-23(32)17-5-3-9-30(13-17)21-8-7-18(27-28-21)19-6-4-10-33-19/h4,6-8,10-12,14,17H,3,5,9,13H2,1-2H3,(H,24,25,26,32). The third-order valence-corrected chi connectivity index (χ3v) is 5.67. The van der Waals surface area contributed by atoms with E-state index in [1.807, 2.05) is 44.2 Å². The number of aromatic nitrogens is 6. The number of carbonyl (C=O) groups excluding carboxylic acids is 1. The average molecular weight is 444 g/mol. The minimum Gasteiger partial charge on any atom is -0.463 e. The number of rotatable bonds is 5. The van der Waals surface area contributed by atoms with E-state index in [9.17, 15) is 4.79 Å². The van der Waals surface area contributed by atoms with Crippen LogP contribution in [0.15, 0.2) is 53.4 Å². The third kappa shape index (κ3) is 4.45. The van der Waals surface area contributed by atoms with Gasteiger partial charge in [-0.3, -0.25) is 4.79 Å². The Morgan fingerprint density at radius 2 is 2.03 bits per heavy atom. The fraction of sp³-hybridized carbons (Fsp3) is 0.304. The number of hydrogen-bond acceptors (Lipinski definition) is 8. The van der Waals surface area contributed by atoms with Gasteiger partial charge in [-0.1, -0.05) is 0 Å². The van der Waals surface area contributed by atoms with Gasteiger partial charge in [-0.25, -0.2) is 14.6 Å². The molecular formula is C23H24N8O2. The molecule has 1 amide bonds. The van der Waals surface area contributed by atoms with E-state index < -0.39 is 0 Å². The van der Waals surface area contributed by atoms with Crippen molar-refractivity contribution >= 4 is 17.5 Å². The highest BCUT2D eigenvalue weighted by atomic mass is 16.3. The predicted octanol–water partition coefficient (Wildman–Crippen LogP) is 3.18. The molecule has 1 fully saturated rings. The summed E-state index contributed by atoms with van der Waals surface area (Å²) in [4.78, 5) is 23.6. The van der Waals surface area contributed by atoms with E-state index in [0.717, 1.165) is 36.6 Å². The first-order valence-electron chi connectivity index (χ1n) is 10.9. The number of anilines is 2. The predicted molar refractivity (Wildman–Crippen MR) is 122 cm³/mol.